The Morgan fingerprint density at radius 2 is 1.88 bits per heavy atom. The summed E-state index contributed by atoms with van der Waals surface area (Å²) in [4.78, 5) is 2.31. The van der Waals surface area contributed by atoms with Crippen LogP contribution in [-0.4, -0.2) is 59.8 Å². The second-order valence-electron chi connectivity index (χ2n) is 4.58. The van der Waals surface area contributed by atoms with Crippen molar-refractivity contribution in [1.82, 2.24) is 4.90 Å². The Kier molecular flexibility index (Phi) is 6.06. The van der Waals surface area contributed by atoms with E-state index < -0.39 is 10.8 Å². The smallest absolute Gasteiger partial charge is 0.169 e. The predicted molar refractivity (Wildman–Crippen MR) is 70.6 cm³/mol. The van der Waals surface area contributed by atoms with E-state index in [1.54, 1.807) is 14.2 Å². The van der Waals surface area contributed by atoms with Gasteiger partial charge in [0.2, 0.25) is 0 Å². The highest BCUT2D eigenvalue weighted by Crippen LogP contribution is 2.28. The lowest BCUT2D eigenvalue weighted by molar-refractivity contribution is -0.116. The topological polar surface area (TPSA) is 38.8 Å². The molecule has 0 saturated carbocycles. The molecule has 0 radical (unpaired) electrons. The van der Waals surface area contributed by atoms with E-state index in [2.05, 4.69) is 18.7 Å². The van der Waals surface area contributed by atoms with Gasteiger partial charge in [-0.05, 0) is 12.8 Å². The highest BCUT2D eigenvalue weighted by atomic mass is 32.2. The Labute approximate surface area is 107 Å². The van der Waals surface area contributed by atoms with E-state index in [1.807, 2.05) is 0 Å². The van der Waals surface area contributed by atoms with Crippen LogP contribution in [0.15, 0.2) is 0 Å². The van der Waals surface area contributed by atoms with Crippen LogP contribution in [0.3, 0.4) is 0 Å². The van der Waals surface area contributed by atoms with Gasteiger partial charge in [0.15, 0.2) is 6.29 Å². The molecule has 0 amide bonds. The Hall–Kier alpha value is 0.0300. The fraction of sp³-hybridized carbons (Fsp3) is 1.00. The van der Waals surface area contributed by atoms with Gasteiger partial charge in [-0.1, -0.05) is 13.8 Å². The fourth-order valence-corrected chi connectivity index (χ4v) is 4.22. The molecular formula is C12H25NO3S. The van der Waals surface area contributed by atoms with Gasteiger partial charge in [-0.3, -0.25) is 9.11 Å². The molecule has 0 unspecified atom stereocenters. The third kappa shape index (κ3) is 3.50. The van der Waals surface area contributed by atoms with E-state index in [-0.39, 0.29) is 11.0 Å². The van der Waals surface area contributed by atoms with Gasteiger partial charge in [0, 0.05) is 50.4 Å². The number of rotatable bonds is 6. The van der Waals surface area contributed by atoms with E-state index in [9.17, 15) is 4.21 Å². The molecular weight excluding hydrogens is 238 g/mol. The first-order valence-electron chi connectivity index (χ1n) is 6.28. The molecule has 1 heterocycles. The Morgan fingerprint density at radius 3 is 2.35 bits per heavy atom. The van der Waals surface area contributed by atoms with Crippen molar-refractivity contribution in [2.45, 2.75) is 37.7 Å². The van der Waals surface area contributed by atoms with Crippen LogP contribution in [0, 0.1) is 0 Å². The van der Waals surface area contributed by atoms with E-state index in [0.29, 0.717) is 0 Å². The third-order valence-electron chi connectivity index (χ3n) is 3.81. The minimum absolute atomic E-state index is 0.0374. The standard InChI is InChI=1S/C12H25NO3S/c1-5-12(6-2)10-13(7-8-17(12)14)9-11(15-3)16-4/h11H,5-10H2,1-4H3/t17-/m0/s1. The van der Waals surface area contributed by atoms with Crippen LogP contribution in [0.1, 0.15) is 26.7 Å². The second kappa shape index (κ2) is 6.83. The molecule has 4 nitrogen and oxygen atoms in total. The summed E-state index contributed by atoms with van der Waals surface area (Å²) in [6, 6.07) is 0. The second-order valence-corrected chi connectivity index (χ2v) is 6.54. The normalized spacial score (nSPS) is 25.4. The van der Waals surface area contributed by atoms with Gasteiger partial charge < -0.3 is 9.47 Å². The molecule has 0 aromatic carbocycles. The zero-order valence-corrected chi connectivity index (χ0v) is 12.2. The van der Waals surface area contributed by atoms with Crippen LogP contribution in [0.25, 0.3) is 0 Å². The van der Waals surface area contributed by atoms with Crippen LogP contribution in [0.5, 0.6) is 0 Å². The van der Waals surface area contributed by atoms with Gasteiger partial charge in [-0.2, -0.15) is 0 Å². The minimum Gasteiger partial charge on any atom is -0.355 e. The zero-order chi connectivity index (χ0) is 12.9. The molecule has 0 aromatic rings. The average molecular weight is 263 g/mol. The summed E-state index contributed by atoms with van der Waals surface area (Å²) in [5.41, 5.74) is 0. The molecule has 1 aliphatic rings. The first-order chi connectivity index (χ1) is 8.11. The first-order valence-corrected chi connectivity index (χ1v) is 7.60. The van der Waals surface area contributed by atoms with Crippen LogP contribution in [-0.2, 0) is 20.3 Å². The molecule has 0 aromatic heterocycles. The Balaban J connectivity index is 2.63. The largest absolute Gasteiger partial charge is 0.355 e. The molecule has 17 heavy (non-hydrogen) atoms. The van der Waals surface area contributed by atoms with E-state index in [4.69, 9.17) is 9.47 Å². The number of nitrogens with zero attached hydrogens (tertiary/aromatic N) is 1. The van der Waals surface area contributed by atoms with Crippen LogP contribution in [0.2, 0.25) is 0 Å². The first kappa shape index (κ1) is 15.1. The quantitative estimate of drug-likeness (QED) is 0.676. The van der Waals surface area contributed by atoms with Crippen molar-refractivity contribution < 1.29 is 13.7 Å². The molecule has 1 rings (SSSR count). The summed E-state index contributed by atoms with van der Waals surface area (Å²) in [5, 5.41) is 0. The summed E-state index contributed by atoms with van der Waals surface area (Å²) >= 11 is 0. The van der Waals surface area contributed by atoms with Crippen molar-refractivity contribution in [2.75, 3.05) is 39.6 Å². The molecule has 0 aliphatic carbocycles. The molecule has 5 heteroatoms. The summed E-state index contributed by atoms with van der Waals surface area (Å²) in [7, 11) is 2.61. The fourth-order valence-electron chi connectivity index (χ4n) is 2.39. The molecule has 1 aliphatic heterocycles. The summed E-state index contributed by atoms with van der Waals surface area (Å²) in [6.07, 6.45) is 1.75. The maximum absolute atomic E-state index is 12.2. The third-order valence-corrected chi connectivity index (χ3v) is 6.04. The molecule has 1 fully saturated rings. The van der Waals surface area contributed by atoms with E-state index >= 15 is 0 Å². The monoisotopic (exact) mass is 263 g/mol. The highest BCUT2D eigenvalue weighted by molar-refractivity contribution is 7.86. The number of hydrogen-bond acceptors (Lipinski definition) is 4. The highest BCUT2D eigenvalue weighted by Gasteiger charge is 2.39. The number of methoxy groups -OCH3 is 2. The molecule has 102 valence electrons. The lowest BCUT2D eigenvalue weighted by atomic mass is 10.0. The van der Waals surface area contributed by atoms with Crippen molar-refractivity contribution in [3.8, 4) is 0 Å². The van der Waals surface area contributed by atoms with Gasteiger partial charge in [-0.15, -0.1) is 0 Å². The number of hydrogen-bond donors (Lipinski definition) is 0. The van der Waals surface area contributed by atoms with Crippen molar-refractivity contribution in [3.05, 3.63) is 0 Å². The van der Waals surface area contributed by atoms with Crippen molar-refractivity contribution in [1.29, 1.82) is 0 Å². The Morgan fingerprint density at radius 1 is 1.29 bits per heavy atom. The molecule has 1 saturated heterocycles. The Bertz CT molecular complexity index is 252. The molecule has 0 N–H and O–H groups in total. The average Bonchev–Trinajstić information content (AvgIpc) is 2.38. The molecule has 1 atom stereocenters. The lowest BCUT2D eigenvalue weighted by Crippen LogP contribution is -2.54. The maximum atomic E-state index is 12.2. The van der Waals surface area contributed by atoms with Crippen LogP contribution in [0.4, 0.5) is 0 Å². The van der Waals surface area contributed by atoms with Crippen LogP contribution >= 0.6 is 0 Å². The van der Waals surface area contributed by atoms with E-state index in [1.165, 1.54) is 0 Å². The lowest BCUT2D eigenvalue weighted by Gasteiger charge is -2.41. The minimum atomic E-state index is -0.699. The maximum Gasteiger partial charge on any atom is 0.169 e. The predicted octanol–water partition coefficient (Wildman–Crippen LogP) is 1.23. The van der Waals surface area contributed by atoms with Gasteiger partial charge >= 0.3 is 0 Å². The van der Waals surface area contributed by atoms with Crippen molar-refractivity contribution >= 4 is 10.8 Å². The van der Waals surface area contributed by atoms with E-state index in [0.717, 1.165) is 38.2 Å². The molecule has 0 bridgehead atoms. The SMILES string of the molecule is CCC1(CC)CN(CC(OC)OC)CC[S@@]1=O. The van der Waals surface area contributed by atoms with Gasteiger partial charge in [-0.25, -0.2) is 0 Å². The number of ether oxygens (including phenoxy) is 2. The van der Waals surface area contributed by atoms with Crippen molar-refractivity contribution in [3.63, 3.8) is 0 Å². The summed E-state index contributed by atoms with van der Waals surface area (Å²) in [6.45, 7) is 6.78. The van der Waals surface area contributed by atoms with Crippen LogP contribution < -0.4 is 0 Å². The summed E-state index contributed by atoms with van der Waals surface area (Å²) < 4.78 is 22.6. The van der Waals surface area contributed by atoms with Gasteiger partial charge in [0.25, 0.3) is 0 Å². The zero-order valence-electron chi connectivity index (χ0n) is 11.4. The summed E-state index contributed by atoms with van der Waals surface area (Å²) in [5.74, 6) is 0.766. The van der Waals surface area contributed by atoms with Gasteiger partial charge in [0.05, 0.1) is 4.75 Å². The van der Waals surface area contributed by atoms with Crippen molar-refractivity contribution in [2.24, 2.45) is 0 Å². The molecule has 0 spiro atoms. The van der Waals surface area contributed by atoms with Gasteiger partial charge in [0.1, 0.15) is 0 Å².